The highest BCUT2D eigenvalue weighted by molar-refractivity contribution is 14.1. The van der Waals surface area contributed by atoms with Gasteiger partial charge in [-0.1, -0.05) is 22.6 Å². The van der Waals surface area contributed by atoms with Gasteiger partial charge in [0.1, 0.15) is 5.69 Å². The maximum absolute atomic E-state index is 6.90. The van der Waals surface area contributed by atoms with Crippen molar-refractivity contribution >= 4 is 34.9 Å². The van der Waals surface area contributed by atoms with Crippen LogP contribution in [-0.2, 0) is 0 Å². The molecule has 1 heterocycles. The van der Waals surface area contributed by atoms with E-state index in [0.717, 1.165) is 6.21 Å². The Kier molecular flexibility index (Phi) is 2.61. The van der Waals surface area contributed by atoms with Gasteiger partial charge in [-0.05, 0) is 10.2 Å². The summed E-state index contributed by atoms with van der Waals surface area (Å²) in [5, 5.41) is 6.90. The molecule has 0 aliphatic carbocycles. The lowest BCUT2D eigenvalue weighted by Crippen LogP contribution is -1.80. The van der Waals surface area contributed by atoms with E-state index in [9.17, 15) is 0 Å². The Hall–Kier alpha value is -0.650. The van der Waals surface area contributed by atoms with E-state index >= 15 is 0 Å². The van der Waals surface area contributed by atoms with E-state index in [-0.39, 0.29) is 0 Å². The molecule has 0 unspecified atom stereocenters. The van der Waals surface area contributed by atoms with Crippen molar-refractivity contribution in [3.8, 4) is 0 Å². The molecule has 1 aromatic rings. The molecule has 3 nitrogen and oxygen atoms in total. The lowest BCUT2D eigenvalue weighted by atomic mass is 10.3. The molecule has 0 bridgehead atoms. The predicted octanol–water partition coefficient (Wildman–Crippen LogP) is 2.08. The van der Waals surface area contributed by atoms with Gasteiger partial charge in [0.2, 0.25) is 0 Å². The van der Waals surface area contributed by atoms with Crippen LogP contribution in [0.5, 0.6) is 0 Å². The smallest absolute Gasteiger partial charge is 0.182 e. The number of nitrogens with one attached hydrogen (secondary N) is 1. The zero-order chi connectivity index (χ0) is 7.40. The summed E-state index contributed by atoms with van der Waals surface area (Å²) in [6.45, 7) is 0. The monoisotopic (exact) mass is 248 g/mol. The van der Waals surface area contributed by atoms with Crippen molar-refractivity contribution in [2.75, 3.05) is 0 Å². The minimum Gasteiger partial charge on any atom is -0.443 e. The highest BCUT2D eigenvalue weighted by Crippen LogP contribution is 2.07. The maximum Gasteiger partial charge on any atom is 0.182 e. The Morgan fingerprint density at radius 3 is 3.10 bits per heavy atom. The van der Waals surface area contributed by atoms with E-state index in [4.69, 9.17) is 9.83 Å². The molecule has 0 saturated carbocycles. The Bertz CT molecular complexity index is 254. The third-order valence-electron chi connectivity index (χ3n) is 0.975. The Balaban J connectivity index is 3.00. The summed E-state index contributed by atoms with van der Waals surface area (Å²) in [7, 11) is 0. The molecule has 0 atom stereocenters. The first-order valence-corrected chi connectivity index (χ1v) is 3.83. The van der Waals surface area contributed by atoms with Gasteiger partial charge in [-0.15, -0.1) is 0 Å². The first-order valence-electron chi connectivity index (χ1n) is 2.59. The third-order valence-corrected chi connectivity index (χ3v) is 1.33. The number of nitrogens with zero attached hydrogens (tertiary/aromatic N) is 1. The average molecular weight is 248 g/mol. The Labute approximate surface area is 71.8 Å². The number of aromatic nitrogens is 1. The number of oxazole rings is 1. The van der Waals surface area contributed by atoms with Crippen LogP contribution < -0.4 is 0 Å². The second-order valence-electron chi connectivity index (χ2n) is 1.54. The molecule has 52 valence electrons. The maximum atomic E-state index is 6.90. The minimum atomic E-state index is 0.563. The summed E-state index contributed by atoms with van der Waals surface area (Å²) in [5.74, 6) is 0.629. The van der Waals surface area contributed by atoms with E-state index < -0.39 is 0 Å². The van der Waals surface area contributed by atoms with Crippen LogP contribution in [0.4, 0.5) is 0 Å². The summed E-state index contributed by atoms with van der Waals surface area (Å²) >= 11 is 2.08. The van der Waals surface area contributed by atoms with Gasteiger partial charge >= 0.3 is 0 Å². The first kappa shape index (κ1) is 7.46. The summed E-state index contributed by atoms with van der Waals surface area (Å²) in [6.07, 6.45) is 4.25. The highest BCUT2D eigenvalue weighted by atomic mass is 127. The number of halogens is 1. The molecule has 0 aliphatic heterocycles. The Morgan fingerprint density at radius 2 is 2.50 bits per heavy atom. The van der Waals surface area contributed by atoms with Crippen LogP contribution in [0.25, 0.3) is 6.08 Å². The summed E-state index contributed by atoms with van der Waals surface area (Å²) in [6, 6.07) is 0. The highest BCUT2D eigenvalue weighted by Gasteiger charge is 1.98. The Morgan fingerprint density at radius 1 is 1.70 bits per heavy atom. The molecular formula is C6H5IN2O. The molecule has 1 N–H and O–H groups in total. The molecule has 0 radical (unpaired) electrons. The molecular weight excluding hydrogens is 243 g/mol. The van der Waals surface area contributed by atoms with Crippen LogP contribution in [-0.4, -0.2) is 11.2 Å². The molecule has 1 rings (SSSR count). The van der Waals surface area contributed by atoms with Gasteiger partial charge in [-0.3, -0.25) is 0 Å². The van der Waals surface area contributed by atoms with E-state index in [1.807, 2.05) is 4.08 Å². The van der Waals surface area contributed by atoms with Gasteiger partial charge in [0.25, 0.3) is 0 Å². The molecule has 1 aromatic heterocycles. The summed E-state index contributed by atoms with van der Waals surface area (Å²) in [4.78, 5) is 3.79. The summed E-state index contributed by atoms with van der Waals surface area (Å²) in [5.41, 5.74) is 0.563. The molecule has 0 saturated heterocycles. The van der Waals surface area contributed by atoms with Crippen molar-refractivity contribution in [1.29, 1.82) is 5.41 Å². The van der Waals surface area contributed by atoms with Crippen molar-refractivity contribution in [2.45, 2.75) is 0 Å². The molecule has 0 amide bonds. The van der Waals surface area contributed by atoms with E-state index in [1.54, 1.807) is 6.08 Å². The largest absolute Gasteiger partial charge is 0.443 e. The zero-order valence-corrected chi connectivity index (χ0v) is 7.20. The second-order valence-corrected chi connectivity index (χ2v) is 2.26. The van der Waals surface area contributed by atoms with Crippen LogP contribution in [0.1, 0.15) is 11.5 Å². The van der Waals surface area contributed by atoms with Crippen LogP contribution >= 0.6 is 22.6 Å². The fourth-order valence-corrected chi connectivity index (χ4v) is 0.881. The van der Waals surface area contributed by atoms with Crippen LogP contribution in [0.3, 0.4) is 0 Å². The lowest BCUT2D eigenvalue weighted by Gasteiger charge is -1.82. The molecule has 0 fully saturated rings. The van der Waals surface area contributed by atoms with Crippen molar-refractivity contribution < 1.29 is 4.42 Å². The molecule has 0 aromatic carbocycles. The quantitative estimate of drug-likeness (QED) is 0.643. The van der Waals surface area contributed by atoms with Crippen molar-refractivity contribution in [2.24, 2.45) is 0 Å². The van der Waals surface area contributed by atoms with Crippen LogP contribution in [0.2, 0.25) is 0 Å². The van der Waals surface area contributed by atoms with Crippen molar-refractivity contribution in [1.82, 2.24) is 4.98 Å². The van der Waals surface area contributed by atoms with E-state index in [0.29, 0.717) is 11.5 Å². The molecule has 0 aliphatic rings. The van der Waals surface area contributed by atoms with Gasteiger partial charge in [0, 0.05) is 6.21 Å². The van der Waals surface area contributed by atoms with E-state index in [2.05, 4.69) is 27.6 Å². The normalized spacial score (nSPS) is 10.5. The SMILES string of the molecule is N=Cc1ncoc1/C=C\I. The molecule has 4 heteroatoms. The van der Waals surface area contributed by atoms with Gasteiger partial charge in [0.05, 0.1) is 0 Å². The van der Waals surface area contributed by atoms with Gasteiger partial charge in [-0.25, -0.2) is 4.98 Å². The van der Waals surface area contributed by atoms with Gasteiger partial charge in [0.15, 0.2) is 12.2 Å². The van der Waals surface area contributed by atoms with Gasteiger partial charge in [-0.2, -0.15) is 0 Å². The predicted molar refractivity (Wildman–Crippen MR) is 47.4 cm³/mol. The fourth-order valence-electron chi connectivity index (χ4n) is 0.554. The zero-order valence-electron chi connectivity index (χ0n) is 5.04. The number of rotatable bonds is 2. The fraction of sp³-hybridized carbons (Fsp3) is 0. The molecule has 0 spiro atoms. The number of hydrogen-bond acceptors (Lipinski definition) is 3. The standard InChI is InChI=1S/C6H5IN2O/c7-2-1-6-5(3-8)9-4-10-6/h1-4,8H/b2-1-,8-3?. The van der Waals surface area contributed by atoms with E-state index in [1.165, 1.54) is 6.39 Å². The topological polar surface area (TPSA) is 49.9 Å². The molecule has 10 heavy (non-hydrogen) atoms. The van der Waals surface area contributed by atoms with Crippen molar-refractivity contribution in [3.63, 3.8) is 0 Å². The van der Waals surface area contributed by atoms with Crippen LogP contribution in [0, 0.1) is 5.41 Å². The number of hydrogen-bond donors (Lipinski definition) is 1. The second kappa shape index (κ2) is 3.50. The summed E-state index contributed by atoms with van der Waals surface area (Å²) < 4.78 is 6.75. The van der Waals surface area contributed by atoms with Gasteiger partial charge < -0.3 is 9.83 Å². The average Bonchev–Trinajstić information content (AvgIpc) is 2.36. The lowest BCUT2D eigenvalue weighted by molar-refractivity contribution is 0.548. The van der Waals surface area contributed by atoms with Crippen LogP contribution in [0.15, 0.2) is 14.9 Å². The van der Waals surface area contributed by atoms with Crippen molar-refractivity contribution in [3.05, 3.63) is 21.9 Å². The third kappa shape index (κ3) is 1.44. The first-order chi connectivity index (χ1) is 4.88. The minimum absolute atomic E-state index is 0.563.